The molecule has 0 radical (unpaired) electrons. The van der Waals surface area contributed by atoms with Crippen LogP contribution in [0, 0.1) is 5.82 Å². The van der Waals surface area contributed by atoms with Gasteiger partial charge >= 0.3 is 5.97 Å². The molecule has 0 aliphatic carbocycles. The minimum atomic E-state index is -0.842. The number of carbonyl (C=O) groups is 1. The number of hydrogen-bond acceptors (Lipinski definition) is 5. The van der Waals surface area contributed by atoms with Crippen LogP contribution in [0.1, 0.15) is 29.7 Å². The summed E-state index contributed by atoms with van der Waals surface area (Å²) in [5.74, 6) is -0.982. The van der Waals surface area contributed by atoms with Gasteiger partial charge in [0.1, 0.15) is 5.82 Å². The normalized spacial score (nSPS) is 15.4. The molecule has 0 N–H and O–H groups in total. The Morgan fingerprint density at radius 2 is 1.77 bits per heavy atom. The molecule has 5 aromatic rings. The van der Waals surface area contributed by atoms with Crippen molar-refractivity contribution in [3.8, 4) is 0 Å². The topological polar surface area (TPSA) is 65.6 Å². The highest BCUT2D eigenvalue weighted by atomic mass is 32.1. The molecule has 8 heteroatoms. The highest BCUT2D eigenvalue weighted by Gasteiger charge is 2.35. The lowest BCUT2D eigenvalue weighted by Crippen LogP contribution is -2.40. The molecule has 0 amide bonds. The van der Waals surface area contributed by atoms with E-state index in [1.54, 1.807) is 19.1 Å². The summed E-state index contributed by atoms with van der Waals surface area (Å²) in [6, 6.07) is 22.3. The van der Waals surface area contributed by atoms with Crippen molar-refractivity contribution in [1.29, 1.82) is 0 Å². The molecule has 0 spiro atoms. The Balaban J connectivity index is 1.66. The van der Waals surface area contributed by atoms with Gasteiger partial charge in [0.05, 0.1) is 28.5 Å². The van der Waals surface area contributed by atoms with Crippen LogP contribution in [0.25, 0.3) is 22.7 Å². The van der Waals surface area contributed by atoms with Gasteiger partial charge in [0, 0.05) is 35.3 Å². The van der Waals surface area contributed by atoms with Gasteiger partial charge in [-0.1, -0.05) is 72.0 Å². The number of rotatable bonds is 5. The van der Waals surface area contributed by atoms with Crippen LogP contribution in [0.4, 0.5) is 4.39 Å². The minimum absolute atomic E-state index is 0.159. The van der Waals surface area contributed by atoms with E-state index in [1.807, 2.05) is 78.5 Å². The second-order valence-corrected chi connectivity index (χ2v) is 10.2. The van der Waals surface area contributed by atoms with Gasteiger partial charge < -0.3 is 9.30 Å². The maximum atomic E-state index is 14.0. The molecule has 39 heavy (non-hydrogen) atoms. The fourth-order valence-electron chi connectivity index (χ4n) is 5.03. The van der Waals surface area contributed by atoms with Crippen molar-refractivity contribution in [2.75, 3.05) is 6.61 Å². The number of nitrogens with zero attached hydrogens (tertiary/aromatic N) is 3. The molecule has 0 saturated heterocycles. The van der Waals surface area contributed by atoms with Crippen LogP contribution in [-0.4, -0.2) is 21.7 Å². The van der Waals surface area contributed by atoms with Gasteiger partial charge in [0.15, 0.2) is 4.80 Å². The van der Waals surface area contributed by atoms with Gasteiger partial charge in [-0.25, -0.2) is 14.2 Å². The van der Waals surface area contributed by atoms with Crippen LogP contribution in [0.3, 0.4) is 0 Å². The Morgan fingerprint density at radius 1 is 1.05 bits per heavy atom. The molecule has 3 heterocycles. The van der Waals surface area contributed by atoms with Gasteiger partial charge in [-0.3, -0.25) is 9.36 Å². The molecule has 6 rings (SSSR count). The van der Waals surface area contributed by atoms with Crippen molar-refractivity contribution in [3.05, 3.63) is 133 Å². The van der Waals surface area contributed by atoms with Gasteiger partial charge in [-0.2, -0.15) is 0 Å². The largest absolute Gasteiger partial charge is 0.463 e. The van der Waals surface area contributed by atoms with E-state index in [2.05, 4.69) is 0 Å². The van der Waals surface area contributed by atoms with E-state index in [-0.39, 0.29) is 17.7 Å². The standard InChI is InChI=1S/C31H24FN3O3S/c1-3-38-30(37)26-27(19-9-5-4-6-10-19)33-31-35(28(26)20-13-15-22(32)16-14-20)29(36)25(39-31)17-21-18-34(2)24-12-8-7-11-23(21)24/h4-18,28H,3H2,1-2H3/t28-/m0/s1. The molecule has 6 nitrogen and oxygen atoms in total. The number of aromatic nitrogens is 2. The monoisotopic (exact) mass is 537 g/mol. The van der Waals surface area contributed by atoms with E-state index < -0.39 is 17.8 Å². The number of esters is 1. The van der Waals surface area contributed by atoms with Gasteiger partial charge in [-0.05, 0) is 36.8 Å². The second kappa shape index (κ2) is 9.96. The molecule has 0 saturated carbocycles. The summed E-state index contributed by atoms with van der Waals surface area (Å²) in [7, 11) is 1.97. The number of hydrogen-bond donors (Lipinski definition) is 0. The molecule has 3 aromatic carbocycles. The minimum Gasteiger partial charge on any atom is -0.463 e. The smallest absolute Gasteiger partial charge is 0.338 e. The van der Waals surface area contributed by atoms with Gasteiger partial charge in [0.25, 0.3) is 5.56 Å². The SMILES string of the molecule is CCOC(=O)C1=C(c2ccccc2)N=c2sc(=Cc3cn(C)c4ccccc34)c(=O)n2[C@H]1c1ccc(F)cc1. The highest BCUT2D eigenvalue weighted by molar-refractivity contribution is 7.07. The molecular weight excluding hydrogens is 513 g/mol. The summed E-state index contributed by atoms with van der Waals surface area (Å²) >= 11 is 1.26. The Morgan fingerprint density at radius 3 is 2.51 bits per heavy atom. The molecule has 0 unspecified atom stereocenters. The van der Waals surface area contributed by atoms with Crippen LogP contribution in [-0.2, 0) is 16.6 Å². The third kappa shape index (κ3) is 4.32. The first-order valence-corrected chi connectivity index (χ1v) is 13.4. The first-order valence-electron chi connectivity index (χ1n) is 12.5. The third-order valence-electron chi connectivity index (χ3n) is 6.77. The first kappa shape index (κ1) is 24.8. The third-order valence-corrected chi connectivity index (χ3v) is 7.76. The molecule has 1 atom stereocenters. The van der Waals surface area contributed by atoms with E-state index in [1.165, 1.54) is 28.0 Å². The Labute approximate surface area is 227 Å². The summed E-state index contributed by atoms with van der Waals surface area (Å²) in [6.07, 6.45) is 3.85. The maximum absolute atomic E-state index is 14.0. The number of carbonyl (C=O) groups excluding carboxylic acids is 1. The molecule has 0 bridgehead atoms. The van der Waals surface area contributed by atoms with Crippen LogP contribution in [0.2, 0.25) is 0 Å². The number of benzene rings is 3. The lowest BCUT2D eigenvalue weighted by atomic mass is 9.93. The van der Waals surface area contributed by atoms with Crippen LogP contribution >= 0.6 is 11.3 Å². The number of ether oxygens (including phenoxy) is 1. The van der Waals surface area contributed by atoms with E-state index in [4.69, 9.17) is 9.73 Å². The number of aryl methyl sites for hydroxylation is 1. The summed E-state index contributed by atoms with van der Waals surface area (Å²) in [5, 5.41) is 1.03. The van der Waals surface area contributed by atoms with Crippen molar-refractivity contribution in [1.82, 2.24) is 9.13 Å². The summed E-state index contributed by atoms with van der Waals surface area (Å²) < 4.78 is 23.4. The molecule has 1 aliphatic rings. The molecule has 1 aliphatic heterocycles. The average Bonchev–Trinajstić information content (AvgIpc) is 3.44. The quantitative estimate of drug-likeness (QED) is 0.309. The zero-order valence-electron chi connectivity index (χ0n) is 21.3. The Hall–Kier alpha value is -4.56. The lowest BCUT2D eigenvalue weighted by molar-refractivity contribution is -0.138. The number of para-hydroxylation sites is 1. The Kier molecular flexibility index (Phi) is 6.32. The van der Waals surface area contributed by atoms with E-state index in [0.717, 1.165) is 22.0 Å². The zero-order chi connectivity index (χ0) is 27.1. The number of fused-ring (bicyclic) bond motifs is 2. The molecule has 0 fully saturated rings. The maximum Gasteiger partial charge on any atom is 0.338 e. The fraction of sp³-hybridized carbons (Fsp3) is 0.129. The molecule has 194 valence electrons. The van der Waals surface area contributed by atoms with Crippen molar-refractivity contribution < 1.29 is 13.9 Å². The molecule has 2 aromatic heterocycles. The van der Waals surface area contributed by atoms with Crippen LogP contribution in [0.5, 0.6) is 0 Å². The van der Waals surface area contributed by atoms with Crippen molar-refractivity contribution in [2.24, 2.45) is 12.0 Å². The number of thiazole rings is 1. The van der Waals surface area contributed by atoms with Crippen LogP contribution < -0.4 is 14.9 Å². The number of halogens is 1. The predicted molar refractivity (Wildman–Crippen MR) is 150 cm³/mol. The van der Waals surface area contributed by atoms with E-state index in [9.17, 15) is 14.0 Å². The van der Waals surface area contributed by atoms with Gasteiger partial charge in [-0.15, -0.1) is 0 Å². The van der Waals surface area contributed by atoms with Crippen molar-refractivity contribution in [2.45, 2.75) is 13.0 Å². The zero-order valence-corrected chi connectivity index (χ0v) is 22.1. The lowest BCUT2D eigenvalue weighted by Gasteiger charge is -2.25. The molecular formula is C31H24FN3O3S. The van der Waals surface area contributed by atoms with Crippen molar-refractivity contribution in [3.63, 3.8) is 0 Å². The van der Waals surface area contributed by atoms with E-state index >= 15 is 0 Å². The van der Waals surface area contributed by atoms with E-state index in [0.29, 0.717) is 20.6 Å². The van der Waals surface area contributed by atoms with Gasteiger partial charge in [0.2, 0.25) is 0 Å². The highest BCUT2D eigenvalue weighted by Crippen LogP contribution is 2.35. The summed E-state index contributed by atoms with van der Waals surface area (Å²) in [5.41, 5.74) is 3.65. The predicted octanol–water partition coefficient (Wildman–Crippen LogP) is 4.57. The second-order valence-electron chi connectivity index (χ2n) is 9.20. The Bertz CT molecular complexity index is 1930. The van der Waals surface area contributed by atoms with Crippen LogP contribution in [0.15, 0.2) is 100 Å². The van der Waals surface area contributed by atoms with Crippen molar-refractivity contribution >= 4 is 40.0 Å². The average molecular weight is 538 g/mol. The summed E-state index contributed by atoms with van der Waals surface area (Å²) in [4.78, 5) is 32.8. The summed E-state index contributed by atoms with van der Waals surface area (Å²) in [6.45, 7) is 1.89. The first-order chi connectivity index (χ1) is 19.0. The fourth-order valence-corrected chi connectivity index (χ4v) is 6.02.